The molecule has 2 heteroatoms. The van der Waals surface area contributed by atoms with Crippen LogP contribution in [0.1, 0.15) is 5.56 Å². The van der Waals surface area contributed by atoms with Crippen molar-refractivity contribution < 1.29 is 9.84 Å². The van der Waals surface area contributed by atoms with Crippen LogP contribution >= 0.6 is 0 Å². The summed E-state index contributed by atoms with van der Waals surface area (Å²) in [6, 6.07) is 10.3. The lowest BCUT2D eigenvalue weighted by atomic mass is 10.2. The Bertz CT molecular complexity index is 158. The normalized spacial score (nSPS) is 8.27. The van der Waals surface area contributed by atoms with Crippen molar-refractivity contribution in [1.82, 2.24) is 0 Å². The molecule has 0 spiro atoms. The van der Waals surface area contributed by atoms with Gasteiger partial charge < -0.3 is 9.84 Å². The molecule has 0 atom stereocenters. The Kier molecular flexibility index (Phi) is 6.68. The van der Waals surface area contributed by atoms with Crippen LogP contribution in [0.5, 0.6) is 0 Å². The van der Waals surface area contributed by atoms with Crippen molar-refractivity contribution in [3.8, 4) is 0 Å². The highest BCUT2D eigenvalue weighted by molar-refractivity contribution is 5.11. The third-order valence-electron chi connectivity index (χ3n) is 1.07. The van der Waals surface area contributed by atoms with Gasteiger partial charge in [0, 0.05) is 7.11 Å². The summed E-state index contributed by atoms with van der Waals surface area (Å²) in [5, 5.41) is 7.65. The minimum atomic E-state index is -0.181. The van der Waals surface area contributed by atoms with E-state index in [0.29, 0.717) is 0 Å². The number of aliphatic hydroxyl groups excluding tert-OH is 1. The summed E-state index contributed by atoms with van der Waals surface area (Å²) in [5.41, 5.74) is 1.32. The molecule has 0 aliphatic heterocycles. The van der Waals surface area contributed by atoms with Gasteiger partial charge in [0.15, 0.2) is 0 Å². The van der Waals surface area contributed by atoms with Crippen molar-refractivity contribution in [2.45, 2.75) is 6.92 Å². The Morgan fingerprint density at radius 3 is 1.91 bits per heavy atom. The van der Waals surface area contributed by atoms with E-state index in [-0.39, 0.29) is 6.79 Å². The SMILES string of the molecule is COCO.Cc1ccccc1. The van der Waals surface area contributed by atoms with Gasteiger partial charge in [0.05, 0.1) is 0 Å². The van der Waals surface area contributed by atoms with Crippen LogP contribution in [-0.2, 0) is 4.74 Å². The molecule has 11 heavy (non-hydrogen) atoms. The fourth-order valence-corrected chi connectivity index (χ4v) is 0.534. The number of rotatable bonds is 1. The highest BCUT2D eigenvalue weighted by Crippen LogP contribution is 1.92. The van der Waals surface area contributed by atoms with Gasteiger partial charge in [-0.1, -0.05) is 35.9 Å². The van der Waals surface area contributed by atoms with Gasteiger partial charge in [-0.25, -0.2) is 0 Å². The Hall–Kier alpha value is -0.860. The van der Waals surface area contributed by atoms with Crippen LogP contribution in [0, 0.1) is 6.92 Å². The number of hydrogen-bond acceptors (Lipinski definition) is 2. The van der Waals surface area contributed by atoms with Crippen LogP contribution in [0.2, 0.25) is 0 Å². The average Bonchev–Trinajstić information content (AvgIpc) is 2.07. The van der Waals surface area contributed by atoms with E-state index >= 15 is 0 Å². The van der Waals surface area contributed by atoms with Gasteiger partial charge in [0.1, 0.15) is 6.79 Å². The lowest BCUT2D eigenvalue weighted by molar-refractivity contribution is 0.0325. The molecule has 0 aliphatic carbocycles. The summed E-state index contributed by atoms with van der Waals surface area (Å²) in [7, 11) is 1.43. The molecule has 0 saturated carbocycles. The fraction of sp³-hybridized carbons (Fsp3) is 0.333. The van der Waals surface area contributed by atoms with E-state index in [2.05, 4.69) is 23.8 Å². The van der Waals surface area contributed by atoms with E-state index in [0.717, 1.165) is 0 Å². The van der Waals surface area contributed by atoms with Crippen LogP contribution in [0.3, 0.4) is 0 Å². The van der Waals surface area contributed by atoms with E-state index in [1.165, 1.54) is 12.7 Å². The number of benzene rings is 1. The van der Waals surface area contributed by atoms with E-state index in [4.69, 9.17) is 5.11 Å². The summed E-state index contributed by atoms with van der Waals surface area (Å²) < 4.78 is 4.10. The molecule has 2 nitrogen and oxygen atoms in total. The molecule has 62 valence electrons. The molecule has 0 unspecified atom stereocenters. The summed E-state index contributed by atoms with van der Waals surface area (Å²) in [4.78, 5) is 0. The second-order valence-corrected chi connectivity index (χ2v) is 2.07. The highest BCUT2D eigenvalue weighted by Gasteiger charge is 1.72. The first-order valence-corrected chi connectivity index (χ1v) is 3.42. The van der Waals surface area contributed by atoms with Crippen molar-refractivity contribution in [1.29, 1.82) is 0 Å². The predicted octanol–water partition coefficient (Wildman–Crippen LogP) is 1.58. The van der Waals surface area contributed by atoms with Gasteiger partial charge in [0.2, 0.25) is 0 Å². The van der Waals surface area contributed by atoms with Crippen molar-refractivity contribution in [2.24, 2.45) is 0 Å². The maximum atomic E-state index is 7.65. The third kappa shape index (κ3) is 7.03. The molecular formula is C9H14O2. The van der Waals surface area contributed by atoms with E-state index in [1.807, 2.05) is 18.2 Å². The maximum Gasteiger partial charge on any atom is 0.143 e. The molecule has 0 aliphatic rings. The van der Waals surface area contributed by atoms with Crippen molar-refractivity contribution in [3.05, 3.63) is 35.9 Å². The zero-order valence-corrected chi connectivity index (χ0v) is 6.95. The first-order valence-electron chi connectivity index (χ1n) is 3.42. The van der Waals surface area contributed by atoms with Crippen molar-refractivity contribution >= 4 is 0 Å². The predicted molar refractivity (Wildman–Crippen MR) is 45.3 cm³/mol. The number of ether oxygens (including phenoxy) is 1. The molecule has 0 heterocycles. The highest BCUT2D eigenvalue weighted by atomic mass is 16.6. The Balaban J connectivity index is 0.000000218. The van der Waals surface area contributed by atoms with Crippen LogP contribution in [0.15, 0.2) is 30.3 Å². The van der Waals surface area contributed by atoms with E-state index in [9.17, 15) is 0 Å². The fourth-order valence-electron chi connectivity index (χ4n) is 0.534. The summed E-state index contributed by atoms with van der Waals surface area (Å²) in [5.74, 6) is 0. The van der Waals surface area contributed by atoms with Crippen LogP contribution in [0.4, 0.5) is 0 Å². The minimum Gasteiger partial charge on any atom is -0.371 e. The van der Waals surface area contributed by atoms with E-state index in [1.54, 1.807) is 0 Å². The van der Waals surface area contributed by atoms with Gasteiger partial charge in [-0.15, -0.1) is 0 Å². The first-order chi connectivity index (χ1) is 5.31. The topological polar surface area (TPSA) is 29.5 Å². The zero-order chi connectivity index (χ0) is 8.53. The van der Waals surface area contributed by atoms with Gasteiger partial charge in [-0.05, 0) is 6.92 Å². The molecule has 1 rings (SSSR count). The summed E-state index contributed by atoms with van der Waals surface area (Å²) >= 11 is 0. The zero-order valence-electron chi connectivity index (χ0n) is 6.95. The van der Waals surface area contributed by atoms with Gasteiger partial charge in [-0.3, -0.25) is 0 Å². The first kappa shape index (κ1) is 10.1. The average molecular weight is 154 g/mol. The number of aryl methyl sites for hydroxylation is 1. The lowest BCUT2D eigenvalue weighted by Crippen LogP contribution is -1.79. The van der Waals surface area contributed by atoms with Gasteiger partial charge in [0.25, 0.3) is 0 Å². The molecule has 0 fully saturated rings. The third-order valence-corrected chi connectivity index (χ3v) is 1.07. The molecule has 0 saturated heterocycles. The Morgan fingerprint density at radius 2 is 1.73 bits per heavy atom. The molecule has 0 amide bonds. The molecule has 0 aromatic heterocycles. The van der Waals surface area contributed by atoms with Gasteiger partial charge in [-0.2, -0.15) is 0 Å². The monoisotopic (exact) mass is 154 g/mol. The molecular weight excluding hydrogens is 140 g/mol. The van der Waals surface area contributed by atoms with Crippen LogP contribution in [0.25, 0.3) is 0 Å². The molecule has 1 aromatic rings. The molecule has 1 N–H and O–H groups in total. The standard InChI is InChI=1S/C7H8.C2H6O2/c1-7-5-3-2-4-6-7;1-4-2-3/h2-6H,1H3;3H,2H2,1H3. The quantitative estimate of drug-likeness (QED) is 0.622. The smallest absolute Gasteiger partial charge is 0.143 e. The molecule has 0 radical (unpaired) electrons. The Morgan fingerprint density at radius 1 is 1.27 bits per heavy atom. The second-order valence-electron chi connectivity index (χ2n) is 2.07. The summed E-state index contributed by atoms with van der Waals surface area (Å²) in [6.45, 7) is 1.90. The lowest BCUT2D eigenvalue weighted by Gasteiger charge is -1.82. The van der Waals surface area contributed by atoms with Crippen LogP contribution in [-0.4, -0.2) is 19.0 Å². The van der Waals surface area contributed by atoms with E-state index < -0.39 is 0 Å². The Labute approximate surface area is 67.4 Å². The second kappa shape index (κ2) is 7.25. The maximum absolute atomic E-state index is 7.65. The van der Waals surface area contributed by atoms with Crippen molar-refractivity contribution in [2.75, 3.05) is 13.9 Å². The number of aliphatic hydroxyl groups is 1. The van der Waals surface area contributed by atoms with Crippen LogP contribution < -0.4 is 0 Å². The van der Waals surface area contributed by atoms with Gasteiger partial charge >= 0.3 is 0 Å². The molecule has 1 aromatic carbocycles. The summed E-state index contributed by atoms with van der Waals surface area (Å²) in [6.07, 6.45) is 0. The number of methoxy groups -OCH3 is 1. The minimum absolute atomic E-state index is 0.181. The number of hydrogen-bond donors (Lipinski definition) is 1. The largest absolute Gasteiger partial charge is 0.371 e. The van der Waals surface area contributed by atoms with Crippen molar-refractivity contribution in [3.63, 3.8) is 0 Å². The molecule has 0 bridgehead atoms.